The zero-order valence-corrected chi connectivity index (χ0v) is 12.2. The Morgan fingerprint density at radius 3 is 2.58 bits per heavy atom. The number of aromatic nitrogens is 2. The molecule has 0 unspecified atom stereocenters. The molecule has 0 spiro atoms. The van der Waals surface area contributed by atoms with E-state index in [4.69, 9.17) is 34.8 Å². The van der Waals surface area contributed by atoms with E-state index in [0.29, 0.717) is 20.9 Å². The van der Waals surface area contributed by atoms with Gasteiger partial charge in [0.15, 0.2) is 0 Å². The van der Waals surface area contributed by atoms with E-state index in [1.807, 2.05) is 25.1 Å². The third-order valence-corrected chi connectivity index (χ3v) is 4.19. The summed E-state index contributed by atoms with van der Waals surface area (Å²) in [7, 11) is 0. The Morgan fingerprint density at radius 2 is 1.79 bits per heavy atom. The number of aromatic amines is 1. The first-order valence-corrected chi connectivity index (χ1v) is 6.80. The molecule has 0 aliphatic carbocycles. The highest BCUT2D eigenvalue weighted by atomic mass is 35.5. The summed E-state index contributed by atoms with van der Waals surface area (Å²) in [5, 5.41) is 1.68. The predicted octanol–water partition coefficient (Wildman–Crippen LogP) is 5.50. The lowest BCUT2D eigenvalue weighted by Crippen LogP contribution is -1.84. The Balaban J connectivity index is 2.23. The van der Waals surface area contributed by atoms with Crippen molar-refractivity contribution in [1.29, 1.82) is 0 Å². The minimum atomic E-state index is 0.488. The highest BCUT2D eigenvalue weighted by Crippen LogP contribution is 2.32. The van der Waals surface area contributed by atoms with Crippen molar-refractivity contribution >= 4 is 45.8 Å². The van der Waals surface area contributed by atoms with E-state index in [9.17, 15) is 0 Å². The van der Waals surface area contributed by atoms with Crippen molar-refractivity contribution in [2.75, 3.05) is 0 Å². The SMILES string of the molecule is Cc1cccc(-c2nc3cc(Cl)c(Cl)cc3[nH]2)c1Cl. The molecule has 1 N–H and O–H groups in total. The van der Waals surface area contributed by atoms with E-state index in [2.05, 4.69) is 9.97 Å². The molecule has 1 heterocycles. The molecule has 19 heavy (non-hydrogen) atoms. The molecule has 0 fully saturated rings. The first-order chi connectivity index (χ1) is 9.06. The second-order valence-electron chi connectivity index (χ2n) is 4.31. The molecular formula is C14H9Cl3N2. The number of aryl methyl sites for hydroxylation is 1. The smallest absolute Gasteiger partial charge is 0.140 e. The Morgan fingerprint density at radius 1 is 1.05 bits per heavy atom. The van der Waals surface area contributed by atoms with Crippen LogP contribution in [0.25, 0.3) is 22.4 Å². The van der Waals surface area contributed by atoms with Gasteiger partial charge in [-0.25, -0.2) is 4.98 Å². The summed E-state index contributed by atoms with van der Waals surface area (Å²) in [6.07, 6.45) is 0. The van der Waals surface area contributed by atoms with Crippen LogP contribution in [0.4, 0.5) is 0 Å². The van der Waals surface area contributed by atoms with E-state index in [-0.39, 0.29) is 0 Å². The topological polar surface area (TPSA) is 28.7 Å². The first-order valence-electron chi connectivity index (χ1n) is 5.66. The average molecular weight is 312 g/mol. The standard InChI is InChI=1S/C14H9Cl3N2/c1-7-3-2-4-8(13(7)17)14-18-11-5-9(15)10(16)6-12(11)19-14/h2-6H,1H3,(H,18,19). The van der Waals surface area contributed by atoms with Crippen molar-refractivity contribution in [3.8, 4) is 11.4 Å². The van der Waals surface area contributed by atoms with Crippen LogP contribution in [-0.4, -0.2) is 9.97 Å². The molecule has 0 atom stereocenters. The van der Waals surface area contributed by atoms with Gasteiger partial charge in [0.1, 0.15) is 5.82 Å². The van der Waals surface area contributed by atoms with Crippen molar-refractivity contribution in [2.24, 2.45) is 0 Å². The fraction of sp³-hybridized carbons (Fsp3) is 0.0714. The molecule has 0 bridgehead atoms. The number of fused-ring (bicyclic) bond motifs is 1. The van der Waals surface area contributed by atoms with Crippen molar-refractivity contribution in [2.45, 2.75) is 6.92 Å². The number of nitrogens with zero attached hydrogens (tertiary/aromatic N) is 1. The minimum Gasteiger partial charge on any atom is -0.338 e. The lowest BCUT2D eigenvalue weighted by Gasteiger charge is -2.02. The van der Waals surface area contributed by atoms with Crippen LogP contribution in [0.5, 0.6) is 0 Å². The monoisotopic (exact) mass is 310 g/mol. The lowest BCUT2D eigenvalue weighted by atomic mass is 10.1. The number of H-pyrrole nitrogens is 1. The molecule has 96 valence electrons. The second kappa shape index (κ2) is 4.71. The normalized spacial score (nSPS) is 11.2. The van der Waals surface area contributed by atoms with Crippen LogP contribution in [0, 0.1) is 6.92 Å². The maximum absolute atomic E-state index is 6.31. The summed E-state index contributed by atoms with van der Waals surface area (Å²) >= 11 is 18.3. The molecule has 2 nitrogen and oxygen atoms in total. The van der Waals surface area contributed by atoms with Gasteiger partial charge in [-0.05, 0) is 30.7 Å². The Kier molecular flexibility index (Phi) is 3.17. The van der Waals surface area contributed by atoms with Crippen molar-refractivity contribution in [3.63, 3.8) is 0 Å². The molecule has 0 saturated heterocycles. The van der Waals surface area contributed by atoms with Gasteiger partial charge in [0.25, 0.3) is 0 Å². The van der Waals surface area contributed by atoms with Crippen molar-refractivity contribution < 1.29 is 0 Å². The number of rotatable bonds is 1. The van der Waals surface area contributed by atoms with Crippen molar-refractivity contribution in [3.05, 3.63) is 51.0 Å². The third kappa shape index (κ3) is 2.20. The molecule has 0 radical (unpaired) electrons. The quantitative estimate of drug-likeness (QED) is 0.631. The number of hydrogen-bond acceptors (Lipinski definition) is 1. The number of imidazole rings is 1. The van der Waals surface area contributed by atoms with Gasteiger partial charge in [0, 0.05) is 5.56 Å². The summed E-state index contributed by atoms with van der Waals surface area (Å²) in [6.45, 7) is 1.96. The summed E-state index contributed by atoms with van der Waals surface area (Å²) < 4.78 is 0. The number of nitrogens with one attached hydrogen (secondary N) is 1. The third-order valence-electron chi connectivity index (χ3n) is 2.97. The first kappa shape index (κ1) is 12.8. The summed E-state index contributed by atoms with van der Waals surface area (Å²) in [5.74, 6) is 0.710. The largest absolute Gasteiger partial charge is 0.338 e. The average Bonchev–Trinajstić information content (AvgIpc) is 2.76. The van der Waals surface area contributed by atoms with Crippen LogP contribution >= 0.6 is 34.8 Å². The molecule has 3 aromatic rings. The van der Waals surface area contributed by atoms with Crippen LogP contribution in [0.2, 0.25) is 15.1 Å². The van der Waals surface area contributed by atoms with Gasteiger partial charge in [-0.3, -0.25) is 0 Å². The maximum Gasteiger partial charge on any atom is 0.140 e. The Labute approximate surface area is 125 Å². The van der Waals surface area contributed by atoms with Gasteiger partial charge in [-0.1, -0.05) is 46.9 Å². The summed E-state index contributed by atoms with van der Waals surface area (Å²) in [5.41, 5.74) is 3.48. The van der Waals surface area contributed by atoms with Gasteiger partial charge in [-0.2, -0.15) is 0 Å². The van der Waals surface area contributed by atoms with Crippen LogP contribution in [0.3, 0.4) is 0 Å². The van der Waals surface area contributed by atoms with E-state index in [1.54, 1.807) is 12.1 Å². The lowest BCUT2D eigenvalue weighted by molar-refractivity contribution is 1.32. The van der Waals surface area contributed by atoms with Gasteiger partial charge in [-0.15, -0.1) is 0 Å². The van der Waals surface area contributed by atoms with Gasteiger partial charge >= 0.3 is 0 Å². The summed E-state index contributed by atoms with van der Waals surface area (Å²) in [4.78, 5) is 7.71. The predicted molar refractivity (Wildman–Crippen MR) is 81.3 cm³/mol. The molecule has 1 aromatic heterocycles. The van der Waals surface area contributed by atoms with E-state index < -0.39 is 0 Å². The highest BCUT2D eigenvalue weighted by molar-refractivity contribution is 6.42. The van der Waals surface area contributed by atoms with E-state index in [1.165, 1.54) is 0 Å². The number of benzene rings is 2. The number of hydrogen-bond donors (Lipinski definition) is 1. The van der Waals surface area contributed by atoms with Gasteiger partial charge < -0.3 is 4.98 Å². The molecule has 0 amide bonds. The van der Waals surface area contributed by atoms with Crippen LogP contribution in [0.1, 0.15) is 5.56 Å². The van der Waals surface area contributed by atoms with E-state index >= 15 is 0 Å². The zero-order chi connectivity index (χ0) is 13.6. The van der Waals surface area contributed by atoms with Crippen LogP contribution in [-0.2, 0) is 0 Å². The highest BCUT2D eigenvalue weighted by Gasteiger charge is 2.11. The maximum atomic E-state index is 6.31. The second-order valence-corrected chi connectivity index (χ2v) is 5.50. The Hall–Kier alpha value is -1.22. The fourth-order valence-corrected chi connectivity index (χ4v) is 2.50. The van der Waals surface area contributed by atoms with E-state index in [0.717, 1.165) is 22.2 Å². The van der Waals surface area contributed by atoms with Crippen LogP contribution in [0.15, 0.2) is 30.3 Å². The molecule has 2 aromatic carbocycles. The van der Waals surface area contributed by atoms with Gasteiger partial charge in [0.05, 0.1) is 26.1 Å². The molecule has 5 heteroatoms. The summed E-state index contributed by atoms with van der Waals surface area (Å²) in [6, 6.07) is 9.34. The molecule has 0 saturated carbocycles. The Bertz CT molecular complexity index is 739. The van der Waals surface area contributed by atoms with Crippen molar-refractivity contribution in [1.82, 2.24) is 9.97 Å². The van der Waals surface area contributed by atoms with Crippen LogP contribution < -0.4 is 0 Å². The number of halogens is 3. The molecule has 0 aliphatic heterocycles. The molecule has 3 rings (SSSR count). The van der Waals surface area contributed by atoms with Gasteiger partial charge in [0.2, 0.25) is 0 Å². The minimum absolute atomic E-state index is 0.488. The molecular weight excluding hydrogens is 303 g/mol. The zero-order valence-electron chi connectivity index (χ0n) is 9.97. The molecule has 0 aliphatic rings. The fourth-order valence-electron chi connectivity index (χ4n) is 1.96.